The number of hydrogen-bond acceptors (Lipinski definition) is 4. The molecule has 0 unspecified atom stereocenters. The molecule has 1 heterocycles. The monoisotopic (exact) mass is 318 g/mol. The van der Waals surface area contributed by atoms with Crippen LogP contribution >= 0.6 is 11.6 Å². The molecule has 0 saturated heterocycles. The molecule has 0 aliphatic heterocycles. The summed E-state index contributed by atoms with van der Waals surface area (Å²) in [5.74, 6) is -0.582. The Morgan fingerprint density at radius 1 is 1.27 bits per heavy atom. The normalized spacial score (nSPS) is 10.1. The number of halogens is 1. The van der Waals surface area contributed by atoms with Crippen molar-refractivity contribution in [2.24, 2.45) is 0 Å². The molecule has 0 saturated carbocycles. The molecule has 2 rings (SSSR count). The fourth-order valence-electron chi connectivity index (χ4n) is 1.90. The summed E-state index contributed by atoms with van der Waals surface area (Å²) in [6.07, 6.45) is 1.74. The largest absolute Gasteiger partial charge is 0.465 e. The third kappa shape index (κ3) is 4.56. The SMILES string of the molecule is COC(=O)c1ccnc(CNC(=O)Cc2cccc(Cl)c2)c1. The zero-order valence-electron chi connectivity index (χ0n) is 12.0. The Morgan fingerprint density at radius 2 is 2.09 bits per heavy atom. The highest BCUT2D eigenvalue weighted by atomic mass is 35.5. The van der Waals surface area contributed by atoms with Crippen LogP contribution in [0, 0.1) is 0 Å². The number of carbonyl (C=O) groups is 2. The summed E-state index contributed by atoms with van der Waals surface area (Å²) < 4.78 is 4.64. The summed E-state index contributed by atoms with van der Waals surface area (Å²) in [4.78, 5) is 27.4. The molecule has 0 aliphatic carbocycles. The predicted molar refractivity (Wildman–Crippen MR) is 82.6 cm³/mol. The van der Waals surface area contributed by atoms with E-state index in [1.165, 1.54) is 13.3 Å². The number of benzene rings is 1. The topological polar surface area (TPSA) is 68.3 Å². The number of nitrogens with zero attached hydrogens (tertiary/aromatic N) is 1. The smallest absolute Gasteiger partial charge is 0.337 e. The first-order valence-corrected chi connectivity index (χ1v) is 7.00. The zero-order chi connectivity index (χ0) is 15.9. The number of ether oxygens (including phenoxy) is 1. The number of nitrogens with one attached hydrogen (secondary N) is 1. The lowest BCUT2D eigenvalue weighted by atomic mass is 10.1. The fraction of sp³-hybridized carbons (Fsp3) is 0.188. The van der Waals surface area contributed by atoms with Gasteiger partial charge in [0.2, 0.25) is 5.91 Å². The van der Waals surface area contributed by atoms with Crippen molar-refractivity contribution in [1.82, 2.24) is 10.3 Å². The van der Waals surface area contributed by atoms with Crippen molar-refractivity contribution < 1.29 is 14.3 Å². The first-order valence-electron chi connectivity index (χ1n) is 6.63. The van der Waals surface area contributed by atoms with Crippen LogP contribution in [0.15, 0.2) is 42.6 Å². The summed E-state index contributed by atoms with van der Waals surface area (Å²) in [6, 6.07) is 10.3. The van der Waals surface area contributed by atoms with Gasteiger partial charge in [0.05, 0.1) is 31.3 Å². The van der Waals surface area contributed by atoms with Crippen molar-refractivity contribution in [3.63, 3.8) is 0 Å². The first-order chi connectivity index (χ1) is 10.6. The Kier molecular flexibility index (Phi) is 5.49. The molecule has 22 heavy (non-hydrogen) atoms. The van der Waals surface area contributed by atoms with Gasteiger partial charge in [0, 0.05) is 11.2 Å². The van der Waals surface area contributed by atoms with Crippen molar-refractivity contribution in [3.05, 3.63) is 64.4 Å². The van der Waals surface area contributed by atoms with E-state index in [0.717, 1.165) is 5.56 Å². The lowest BCUT2D eigenvalue weighted by Crippen LogP contribution is -2.25. The first kappa shape index (κ1) is 16.0. The number of aromatic nitrogens is 1. The average Bonchev–Trinajstić information content (AvgIpc) is 2.52. The summed E-state index contributed by atoms with van der Waals surface area (Å²) in [7, 11) is 1.31. The molecule has 0 fully saturated rings. The number of esters is 1. The van der Waals surface area contributed by atoms with Gasteiger partial charge < -0.3 is 10.1 Å². The lowest BCUT2D eigenvalue weighted by Gasteiger charge is -2.06. The molecule has 1 N–H and O–H groups in total. The maximum absolute atomic E-state index is 11.9. The second-order valence-corrected chi connectivity index (χ2v) is 5.05. The molecule has 2 aromatic rings. The molecule has 1 amide bonds. The van der Waals surface area contributed by atoms with Crippen molar-refractivity contribution in [2.45, 2.75) is 13.0 Å². The summed E-state index contributed by atoms with van der Waals surface area (Å²) in [5, 5.41) is 3.35. The Hall–Kier alpha value is -2.40. The van der Waals surface area contributed by atoms with Gasteiger partial charge in [-0.1, -0.05) is 23.7 Å². The zero-order valence-corrected chi connectivity index (χ0v) is 12.8. The molecule has 0 aliphatic rings. The van der Waals surface area contributed by atoms with Crippen molar-refractivity contribution in [3.8, 4) is 0 Å². The minimum atomic E-state index is -0.436. The van der Waals surface area contributed by atoms with Crippen LogP contribution in [0.25, 0.3) is 0 Å². The molecular weight excluding hydrogens is 304 g/mol. The standard InChI is InChI=1S/C16H15ClN2O3/c1-22-16(21)12-5-6-18-14(9-12)10-19-15(20)8-11-3-2-4-13(17)7-11/h2-7,9H,8,10H2,1H3,(H,19,20). The van der Waals surface area contributed by atoms with Crippen LogP contribution in [0.2, 0.25) is 5.02 Å². The van der Waals surface area contributed by atoms with E-state index in [2.05, 4.69) is 15.0 Å². The van der Waals surface area contributed by atoms with E-state index in [1.54, 1.807) is 30.3 Å². The van der Waals surface area contributed by atoms with Crippen LogP contribution in [0.1, 0.15) is 21.6 Å². The Balaban J connectivity index is 1.92. The second kappa shape index (κ2) is 7.56. The molecule has 0 radical (unpaired) electrons. The van der Waals surface area contributed by atoms with Gasteiger partial charge in [-0.2, -0.15) is 0 Å². The molecule has 5 nitrogen and oxygen atoms in total. The number of pyridine rings is 1. The highest BCUT2D eigenvalue weighted by molar-refractivity contribution is 6.30. The third-order valence-electron chi connectivity index (χ3n) is 2.96. The van der Waals surface area contributed by atoms with E-state index in [-0.39, 0.29) is 18.9 Å². The Labute approximate surface area is 133 Å². The molecule has 1 aromatic heterocycles. The number of amides is 1. The maximum Gasteiger partial charge on any atom is 0.337 e. The van der Waals surface area contributed by atoms with Crippen LogP contribution < -0.4 is 5.32 Å². The maximum atomic E-state index is 11.9. The van der Waals surface area contributed by atoms with E-state index in [1.807, 2.05) is 6.07 Å². The van der Waals surface area contributed by atoms with Gasteiger partial charge in [-0.15, -0.1) is 0 Å². The molecule has 0 spiro atoms. The molecule has 114 valence electrons. The summed E-state index contributed by atoms with van der Waals surface area (Å²) in [5.41, 5.74) is 1.82. The molecule has 0 atom stereocenters. The minimum absolute atomic E-state index is 0.146. The Bertz CT molecular complexity index is 689. The van der Waals surface area contributed by atoms with Crippen LogP contribution in [-0.2, 0) is 22.5 Å². The van der Waals surface area contributed by atoms with Crippen molar-refractivity contribution in [2.75, 3.05) is 7.11 Å². The van der Waals surface area contributed by atoms with Gasteiger partial charge in [-0.05, 0) is 29.8 Å². The van der Waals surface area contributed by atoms with Crippen LogP contribution in [-0.4, -0.2) is 24.0 Å². The van der Waals surface area contributed by atoms with Gasteiger partial charge in [-0.25, -0.2) is 4.79 Å². The lowest BCUT2D eigenvalue weighted by molar-refractivity contribution is -0.120. The average molecular weight is 319 g/mol. The van der Waals surface area contributed by atoms with Gasteiger partial charge in [-0.3, -0.25) is 9.78 Å². The Morgan fingerprint density at radius 3 is 2.82 bits per heavy atom. The molecule has 6 heteroatoms. The molecule has 1 aromatic carbocycles. The van der Waals surface area contributed by atoms with Crippen molar-refractivity contribution in [1.29, 1.82) is 0 Å². The highest BCUT2D eigenvalue weighted by Crippen LogP contribution is 2.11. The van der Waals surface area contributed by atoms with Gasteiger partial charge >= 0.3 is 5.97 Å². The number of rotatable bonds is 5. The number of carbonyl (C=O) groups excluding carboxylic acids is 2. The fourth-order valence-corrected chi connectivity index (χ4v) is 2.12. The third-order valence-corrected chi connectivity index (χ3v) is 3.19. The quantitative estimate of drug-likeness (QED) is 0.859. The number of methoxy groups -OCH3 is 1. The van der Waals surface area contributed by atoms with E-state index < -0.39 is 5.97 Å². The summed E-state index contributed by atoms with van der Waals surface area (Å²) >= 11 is 5.88. The van der Waals surface area contributed by atoms with Gasteiger partial charge in [0.15, 0.2) is 0 Å². The van der Waals surface area contributed by atoms with Crippen molar-refractivity contribution >= 4 is 23.5 Å². The van der Waals surface area contributed by atoms with Crippen LogP contribution in [0.3, 0.4) is 0 Å². The predicted octanol–water partition coefficient (Wildman–Crippen LogP) is 2.38. The van der Waals surface area contributed by atoms with E-state index in [0.29, 0.717) is 16.3 Å². The minimum Gasteiger partial charge on any atom is -0.465 e. The van der Waals surface area contributed by atoms with Crippen LogP contribution in [0.4, 0.5) is 0 Å². The van der Waals surface area contributed by atoms with Gasteiger partial charge in [0.25, 0.3) is 0 Å². The molecule has 0 bridgehead atoms. The highest BCUT2D eigenvalue weighted by Gasteiger charge is 2.08. The van der Waals surface area contributed by atoms with E-state index in [9.17, 15) is 9.59 Å². The van der Waals surface area contributed by atoms with Crippen LogP contribution in [0.5, 0.6) is 0 Å². The second-order valence-electron chi connectivity index (χ2n) is 4.61. The summed E-state index contributed by atoms with van der Waals surface area (Å²) in [6.45, 7) is 0.240. The molecular formula is C16H15ClN2O3. The number of hydrogen-bond donors (Lipinski definition) is 1. The van der Waals surface area contributed by atoms with Gasteiger partial charge in [0.1, 0.15) is 0 Å². The van der Waals surface area contributed by atoms with E-state index >= 15 is 0 Å². The van der Waals surface area contributed by atoms with E-state index in [4.69, 9.17) is 11.6 Å².